The summed E-state index contributed by atoms with van der Waals surface area (Å²) in [5.74, 6) is 1.10. The Morgan fingerprint density at radius 1 is 1.25 bits per heavy atom. The molecule has 1 amide bonds. The van der Waals surface area contributed by atoms with Gasteiger partial charge in [-0.25, -0.2) is 0 Å². The Bertz CT molecular complexity index is 451. The summed E-state index contributed by atoms with van der Waals surface area (Å²) in [6.45, 7) is 5.43. The molecule has 0 N–H and O–H groups in total. The van der Waals surface area contributed by atoms with Crippen molar-refractivity contribution >= 4 is 5.91 Å². The molecule has 0 radical (unpaired) electrons. The molecule has 5 nitrogen and oxygen atoms in total. The number of carbonyl (C=O) groups is 1. The van der Waals surface area contributed by atoms with Crippen LogP contribution in [0.3, 0.4) is 0 Å². The van der Waals surface area contributed by atoms with Crippen LogP contribution in [0.15, 0.2) is 24.5 Å². The Kier molecular flexibility index (Phi) is 3.87. The Morgan fingerprint density at radius 2 is 1.90 bits per heavy atom. The van der Waals surface area contributed by atoms with Gasteiger partial charge < -0.3 is 9.64 Å². The molecule has 2 aliphatic rings. The molecular formula is C15H21N3O2. The Labute approximate surface area is 119 Å². The first-order valence-electron chi connectivity index (χ1n) is 7.28. The number of hydrogen-bond donors (Lipinski definition) is 0. The van der Waals surface area contributed by atoms with Crippen LogP contribution in [0.1, 0.15) is 19.8 Å². The highest BCUT2D eigenvalue weighted by Gasteiger charge is 2.35. The van der Waals surface area contributed by atoms with Crippen LogP contribution in [0.4, 0.5) is 0 Å². The molecular weight excluding hydrogens is 254 g/mol. The summed E-state index contributed by atoms with van der Waals surface area (Å²) in [6, 6.07) is 4.41. The minimum atomic E-state index is 0.200. The number of carbonyl (C=O) groups excluding carboxylic acids is 1. The third-order valence-electron chi connectivity index (χ3n) is 4.25. The standard InChI is InChI=1S/C15H21N3O2/c1-12(19)17-8-4-13(5-9-17)18-10-15(11-18)20-14-2-6-16-7-3-14/h2-3,6-7,13,15H,4-5,8-11H2,1H3. The van der Waals surface area contributed by atoms with Gasteiger partial charge in [-0.05, 0) is 25.0 Å². The number of aromatic nitrogens is 1. The van der Waals surface area contributed by atoms with Crippen molar-refractivity contribution in [2.24, 2.45) is 0 Å². The van der Waals surface area contributed by atoms with Gasteiger partial charge in [-0.15, -0.1) is 0 Å². The van der Waals surface area contributed by atoms with E-state index in [9.17, 15) is 4.79 Å². The average Bonchev–Trinajstić information content (AvgIpc) is 2.44. The fourth-order valence-corrected chi connectivity index (χ4v) is 3.00. The second-order valence-electron chi connectivity index (χ2n) is 5.61. The smallest absolute Gasteiger partial charge is 0.219 e. The van der Waals surface area contributed by atoms with E-state index in [1.54, 1.807) is 19.3 Å². The number of piperidine rings is 1. The van der Waals surface area contributed by atoms with Crippen molar-refractivity contribution in [2.45, 2.75) is 31.9 Å². The van der Waals surface area contributed by atoms with Crippen LogP contribution in [0.25, 0.3) is 0 Å². The molecule has 2 aliphatic heterocycles. The lowest BCUT2D eigenvalue weighted by Gasteiger charge is -2.46. The normalized spacial score (nSPS) is 21.6. The predicted octanol–water partition coefficient (Wildman–Crippen LogP) is 1.16. The van der Waals surface area contributed by atoms with Crippen LogP contribution in [-0.4, -0.2) is 59.0 Å². The molecule has 0 atom stereocenters. The van der Waals surface area contributed by atoms with Gasteiger partial charge in [0.15, 0.2) is 0 Å². The van der Waals surface area contributed by atoms with E-state index < -0.39 is 0 Å². The van der Waals surface area contributed by atoms with E-state index in [2.05, 4.69) is 9.88 Å². The van der Waals surface area contributed by atoms with Gasteiger partial charge in [-0.3, -0.25) is 14.7 Å². The molecule has 108 valence electrons. The van der Waals surface area contributed by atoms with Crippen LogP contribution in [0.2, 0.25) is 0 Å². The summed E-state index contributed by atoms with van der Waals surface area (Å²) in [5, 5.41) is 0. The van der Waals surface area contributed by atoms with E-state index in [0.29, 0.717) is 12.1 Å². The first-order chi connectivity index (χ1) is 9.72. The molecule has 1 aromatic rings. The lowest BCUT2D eigenvalue weighted by Crippen LogP contribution is -2.59. The number of ether oxygens (including phenoxy) is 1. The minimum absolute atomic E-state index is 0.200. The lowest BCUT2D eigenvalue weighted by atomic mass is 9.98. The monoisotopic (exact) mass is 275 g/mol. The number of amides is 1. The van der Waals surface area contributed by atoms with Crippen LogP contribution in [-0.2, 0) is 4.79 Å². The quantitative estimate of drug-likeness (QED) is 0.830. The molecule has 0 spiro atoms. The van der Waals surface area contributed by atoms with Crippen molar-refractivity contribution in [1.82, 2.24) is 14.8 Å². The molecule has 0 aliphatic carbocycles. The molecule has 0 aromatic carbocycles. The fraction of sp³-hybridized carbons (Fsp3) is 0.600. The second-order valence-corrected chi connectivity index (χ2v) is 5.61. The first-order valence-corrected chi connectivity index (χ1v) is 7.28. The molecule has 0 unspecified atom stereocenters. The Hall–Kier alpha value is -1.62. The summed E-state index contributed by atoms with van der Waals surface area (Å²) in [5.41, 5.74) is 0. The highest BCUT2D eigenvalue weighted by atomic mass is 16.5. The van der Waals surface area contributed by atoms with Crippen molar-refractivity contribution in [3.63, 3.8) is 0 Å². The van der Waals surface area contributed by atoms with Gasteiger partial charge in [-0.2, -0.15) is 0 Å². The zero-order valence-corrected chi connectivity index (χ0v) is 11.9. The van der Waals surface area contributed by atoms with Crippen LogP contribution in [0, 0.1) is 0 Å². The zero-order valence-electron chi connectivity index (χ0n) is 11.9. The maximum atomic E-state index is 11.3. The van der Waals surface area contributed by atoms with Gasteiger partial charge in [0.1, 0.15) is 11.9 Å². The third kappa shape index (κ3) is 2.93. The second kappa shape index (κ2) is 5.79. The van der Waals surface area contributed by atoms with Gasteiger partial charge in [0, 0.05) is 51.5 Å². The largest absolute Gasteiger partial charge is 0.488 e. The van der Waals surface area contributed by atoms with E-state index in [1.807, 2.05) is 17.0 Å². The van der Waals surface area contributed by atoms with Crippen molar-refractivity contribution < 1.29 is 9.53 Å². The molecule has 3 heterocycles. The topological polar surface area (TPSA) is 45.7 Å². The van der Waals surface area contributed by atoms with Gasteiger partial charge >= 0.3 is 0 Å². The number of hydrogen-bond acceptors (Lipinski definition) is 4. The summed E-state index contributed by atoms with van der Waals surface area (Å²) in [7, 11) is 0. The zero-order chi connectivity index (χ0) is 13.9. The van der Waals surface area contributed by atoms with Gasteiger partial charge in [0.05, 0.1) is 0 Å². The molecule has 3 rings (SSSR count). The Morgan fingerprint density at radius 3 is 2.50 bits per heavy atom. The van der Waals surface area contributed by atoms with E-state index in [1.165, 1.54) is 0 Å². The van der Waals surface area contributed by atoms with Crippen LogP contribution in [0.5, 0.6) is 5.75 Å². The number of pyridine rings is 1. The minimum Gasteiger partial charge on any atom is -0.488 e. The number of likely N-dealkylation sites (tertiary alicyclic amines) is 2. The van der Waals surface area contributed by atoms with Crippen molar-refractivity contribution in [1.29, 1.82) is 0 Å². The first kappa shape index (κ1) is 13.4. The van der Waals surface area contributed by atoms with Crippen LogP contribution >= 0.6 is 0 Å². The maximum Gasteiger partial charge on any atom is 0.219 e. The van der Waals surface area contributed by atoms with Crippen molar-refractivity contribution in [3.8, 4) is 5.75 Å². The number of rotatable bonds is 3. The van der Waals surface area contributed by atoms with Crippen molar-refractivity contribution in [3.05, 3.63) is 24.5 Å². The van der Waals surface area contributed by atoms with Gasteiger partial charge in [-0.1, -0.05) is 0 Å². The van der Waals surface area contributed by atoms with E-state index >= 15 is 0 Å². The summed E-state index contributed by atoms with van der Waals surface area (Å²) >= 11 is 0. The molecule has 2 fully saturated rings. The number of nitrogens with zero attached hydrogens (tertiary/aromatic N) is 3. The lowest BCUT2D eigenvalue weighted by molar-refractivity contribution is -0.131. The highest BCUT2D eigenvalue weighted by Crippen LogP contribution is 2.24. The average molecular weight is 275 g/mol. The molecule has 1 aromatic heterocycles. The maximum absolute atomic E-state index is 11.3. The third-order valence-corrected chi connectivity index (χ3v) is 4.25. The molecule has 0 bridgehead atoms. The van der Waals surface area contributed by atoms with Crippen molar-refractivity contribution in [2.75, 3.05) is 26.2 Å². The predicted molar refractivity (Wildman–Crippen MR) is 75.5 cm³/mol. The Balaban J connectivity index is 1.41. The van der Waals surface area contributed by atoms with E-state index in [0.717, 1.165) is 44.8 Å². The molecule has 20 heavy (non-hydrogen) atoms. The fourth-order valence-electron chi connectivity index (χ4n) is 3.00. The van der Waals surface area contributed by atoms with Crippen LogP contribution < -0.4 is 4.74 Å². The van der Waals surface area contributed by atoms with E-state index in [4.69, 9.17) is 4.74 Å². The van der Waals surface area contributed by atoms with E-state index in [-0.39, 0.29) is 5.91 Å². The summed E-state index contributed by atoms with van der Waals surface area (Å²) in [6.07, 6.45) is 5.97. The molecule has 0 saturated carbocycles. The SMILES string of the molecule is CC(=O)N1CCC(N2CC(Oc3ccncc3)C2)CC1. The van der Waals surface area contributed by atoms with Gasteiger partial charge in [0.25, 0.3) is 0 Å². The highest BCUT2D eigenvalue weighted by molar-refractivity contribution is 5.73. The molecule has 2 saturated heterocycles. The molecule has 5 heteroatoms. The summed E-state index contributed by atoms with van der Waals surface area (Å²) in [4.78, 5) is 19.7. The van der Waals surface area contributed by atoms with Gasteiger partial charge in [0.2, 0.25) is 5.91 Å². The summed E-state index contributed by atoms with van der Waals surface area (Å²) < 4.78 is 5.88.